The van der Waals surface area contributed by atoms with Crippen LogP contribution in [0.5, 0.6) is 0 Å². The molecule has 0 N–H and O–H groups in total. The number of rotatable bonds is 11. The van der Waals surface area contributed by atoms with Crippen LogP contribution in [0.3, 0.4) is 0 Å². The van der Waals surface area contributed by atoms with Gasteiger partial charge >= 0.3 is 0 Å². The van der Waals surface area contributed by atoms with Crippen molar-refractivity contribution in [2.75, 3.05) is 6.61 Å². The highest BCUT2D eigenvalue weighted by Gasteiger charge is 2.54. The maximum Gasteiger partial charge on any atom is 0.201 e. The van der Waals surface area contributed by atoms with Crippen LogP contribution in [0.2, 0.25) is 33.2 Å². The molecular weight excluding hydrogens is 435 g/mol. The molecule has 1 aliphatic rings. The molecular formula is C23H48ClFO3Si2. The lowest BCUT2D eigenvalue weighted by atomic mass is 10.2. The summed E-state index contributed by atoms with van der Waals surface area (Å²) in [4.78, 5) is 0. The van der Waals surface area contributed by atoms with Crippen molar-refractivity contribution >= 4 is 28.2 Å². The van der Waals surface area contributed by atoms with Crippen LogP contribution in [0.1, 0.15) is 83.1 Å². The van der Waals surface area contributed by atoms with Crippen LogP contribution in [-0.4, -0.2) is 47.2 Å². The molecule has 0 aromatic heterocycles. The van der Waals surface area contributed by atoms with E-state index < -0.39 is 40.6 Å². The average Bonchev–Trinajstić information content (AvgIpc) is 2.85. The molecule has 180 valence electrons. The summed E-state index contributed by atoms with van der Waals surface area (Å²) in [5.74, 6) is 0. The number of hydrogen-bond donors (Lipinski definition) is 0. The van der Waals surface area contributed by atoms with Gasteiger partial charge in [-0.1, -0.05) is 94.7 Å². The second-order valence-electron chi connectivity index (χ2n) is 11.0. The number of halogens is 2. The molecule has 4 atom stereocenters. The molecule has 30 heavy (non-hydrogen) atoms. The Bertz CT molecular complexity index is 485. The van der Waals surface area contributed by atoms with Crippen LogP contribution in [0, 0.1) is 0 Å². The van der Waals surface area contributed by atoms with E-state index in [9.17, 15) is 0 Å². The fourth-order valence-electron chi connectivity index (χ4n) is 6.32. The molecule has 0 spiro atoms. The normalized spacial score (nSPS) is 26.4. The highest BCUT2D eigenvalue weighted by molar-refractivity contribution is 6.78. The van der Waals surface area contributed by atoms with Crippen molar-refractivity contribution in [3.05, 3.63) is 0 Å². The third-order valence-electron chi connectivity index (χ3n) is 7.49. The summed E-state index contributed by atoms with van der Waals surface area (Å²) in [7, 11) is -4.35. The third kappa shape index (κ3) is 5.36. The Balaban J connectivity index is 3.20. The smallest absolute Gasteiger partial charge is 0.201 e. The standard InChI is InChI=1S/C23H48ClFO3Si2/c1-14(2)29(15(3)4,16(5)6)26-13-20-22(21(25)23(24)27-20)28-30(17(7)8,18(9)10)19(11)12/h14-23H,13H2,1-12H3/t20-,21+,22-,23+/m1/s1. The van der Waals surface area contributed by atoms with Crippen LogP contribution in [-0.2, 0) is 13.6 Å². The van der Waals surface area contributed by atoms with Crippen molar-refractivity contribution in [1.29, 1.82) is 0 Å². The fraction of sp³-hybridized carbons (Fsp3) is 1.00. The van der Waals surface area contributed by atoms with Crippen molar-refractivity contribution in [3.63, 3.8) is 0 Å². The lowest BCUT2D eigenvalue weighted by molar-refractivity contribution is 0.0000453. The molecule has 0 aliphatic carbocycles. The van der Waals surface area contributed by atoms with Gasteiger partial charge in [-0.25, -0.2) is 4.39 Å². The van der Waals surface area contributed by atoms with E-state index >= 15 is 4.39 Å². The number of ether oxygens (including phenoxy) is 1. The van der Waals surface area contributed by atoms with Gasteiger partial charge in [-0.05, 0) is 33.2 Å². The molecule has 3 nitrogen and oxygen atoms in total. The van der Waals surface area contributed by atoms with Crippen molar-refractivity contribution < 1.29 is 18.0 Å². The maximum absolute atomic E-state index is 15.2. The lowest BCUT2D eigenvalue weighted by Crippen LogP contribution is -2.55. The van der Waals surface area contributed by atoms with Gasteiger partial charge in [0.2, 0.25) is 8.32 Å². The van der Waals surface area contributed by atoms with Crippen LogP contribution >= 0.6 is 11.6 Å². The van der Waals surface area contributed by atoms with Crippen molar-refractivity contribution in [1.82, 2.24) is 0 Å². The van der Waals surface area contributed by atoms with Crippen molar-refractivity contribution in [3.8, 4) is 0 Å². The number of alkyl halides is 2. The highest BCUT2D eigenvalue weighted by atomic mass is 35.5. The quantitative estimate of drug-likeness (QED) is 0.220. The van der Waals surface area contributed by atoms with Gasteiger partial charge in [0.15, 0.2) is 20.1 Å². The Morgan fingerprint density at radius 1 is 0.733 bits per heavy atom. The Labute approximate surface area is 193 Å². The van der Waals surface area contributed by atoms with Gasteiger partial charge in [-0.15, -0.1) is 0 Å². The van der Waals surface area contributed by atoms with E-state index in [0.29, 0.717) is 39.9 Å². The van der Waals surface area contributed by atoms with E-state index in [0.717, 1.165) is 0 Å². The molecule has 1 aliphatic heterocycles. The Morgan fingerprint density at radius 3 is 1.43 bits per heavy atom. The average molecular weight is 483 g/mol. The first kappa shape index (κ1) is 28.6. The summed E-state index contributed by atoms with van der Waals surface area (Å²) in [5.41, 5.74) is 1.52. The molecule has 1 saturated heterocycles. The van der Waals surface area contributed by atoms with E-state index in [4.69, 9.17) is 25.2 Å². The fourth-order valence-corrected chi connectivity index (χ4v) is 17.6. The van der Waals surface area contributed by atoms with Crippen LogP contribution in [0.15, 0.2) is 0 Å². The summed E-state index contributed by atoms with van der Waals surface area (Å²) in [6.45, 7) is 27.2. The van der Waals surface area contributed by atoms with E-state index in [2.05, 4.69) is 83.1 Å². The topological polar surface area (TPSA) is 27.7 Å². The predicted octanol–water partition coefficient (Wildman–Crippen LogP) is 8.04. The van der Waals surface area contributed by atoms with E-state index in [-0.39, 0.29) is 0 Å². The molecule has 0 aromatic rings. The van der Waals surface area contributed by atoms with E-state index in [1.54, 1.807) is 0 Å². The second-order valence-corrected chi connectivity index (χ2v) is 22.3. The minimum Gasteiger partial charge on any atom is -0.413 e. The second kappa shape index (κ2) is 11.1. The van der Waals surface area contributed by atoms with Crippen LogP contribution < -0.4 is 0 Å². The van der Waals surface area contributed by atoms with Gasteiger partial charge in [-0.3, -0.25) is 0 Å². The summed E-state index contributed by atoms with van der Waals surface area (Å²) < 4.78 is 34.7. The lowest BCUT2D eigenvalue weighted by Gasteiger charge is -2.46. The first-order valence-electron chi connectivity index (χ1n) is 11.9. The first-order chi connectivity index (χ1) is 13.7. The summed E-state index contributed by atoms with van der Waals surface area (Å²) in [6.07, 6.45) is -2.46. The van der Waals surface area contributed by atoms with Gasteiger partial charge < -0.3 is 13.6 Å². The largest absolute Gasteiger partial charge is 0.413 e. The predicted molar refractivity (Wildman–Crippen MR) is 132 cm³/mol. The molecule has 1 rings (SSSR count). The molecule has 7 heteroatoms. The maximum atomic E-state index is 15.2. The molecule has 0 amide bonds. The molecule has 0 saturated carbocycles. The van der Waals surface area contributed by atoms with Gasteiger partial charge in [0.05, 0.1) is 6.61 Å². The zero-order valence-corrected chi connectivity index (χ0v) is 24.2. The SMILES string of the molecule is CC(C)[Si](OC[C@H]1O[C@H](Cl)[C@@H](F)[C@@H]1O[Si](C(C)C)(C(C)C)C(C)C)(C(C)C)C(C)C. The zero-order chi connectivity index (χ0) is 23.6. The monoisotopic (exact) mass is 482 g/mol. The number of hydrogen-bond acceptors (Lipinski definition) is 3. The minimum atomic E-state index is -2.27. The van der Waals surface area contributed by atoms with Crippen molar-refractivity contribution in [2.24, 2.45) is 0 Å². The molecule has 0 radical (unpaired) electrons. The first-order valence-corrected chi connectivity index (χ1v) is 16.6. The van der Waals surface area contributed by atoms with Gasteiger partial charge in [0.25, 0.3) is 0 Å². The summed E-state index contributed by atoms with van der Waals surface area (Å²) >= 11 is 6.25. The van der Waals surface area contributed by atoms with Gasteiger partial charge in [0, 0.05) is 0 Å². The zero-order valence-electron chi connectivity index (χ0n) is 21.5. The molecule has 0 aromatic carbocycles. The van der Waals surface area contributed by atoms with Crippen LogP contribution in [0.4, 0.5) is 4.39 Å². The molecule has 1 fully saturated rings. The Morgan fingerprint density at radius 2 is 1.10 bits per heavy atom. The third-order valence-corrected chi connectivity index (χ3v) is 20.0. The molecule has 0 bridgehead atoms. The van der Waals surface area contributed by atoms with E-state index in [1.165, 1.54) is 0 Å². The van der Waals surface area contributed by atoms with Gasteiger partial charge in [0.1, 0.15) is 12.2 Å². The summed E-state index contributed by atoms with van der Waals surface area (Å²) in [6, 6.07) is 0. The van der Waals surface area contributed by atoms with Gasteiger partial charge in [-0.2, -0.15) is 0 Å². The van der Waals surface area contributed by atoms with E-state index in [1.807, 2.05) is 0 Å². The minimum absolute atomic E-state index is 0.355. The Hall–Kier alpha value is 0.534. The van der Waals surface area contributed by atoms with Crippen LogP contribution in [0.25, 0.3) is 0 Å². The van der Waals surface area contributed by atoms with Crippen molar-refractivity contribution in [2.45, 2.75) is 140 Å². The molecule has 1 heterocycles. The highest BCUT2D eigenvalue weighted by Crippen LogP contribution is 2.47. The summed E-state index contributed by atoms with van der Waals surface area (Å²) in [5, 5.41) is 0. The molecule has 0 unspecified atom stereocenters. The Kier molecular flexibility index (Phi) is 10.6.